The largest absolute Gasteiger partial charge is 0.464 e. The highest BCUT2D eigenvalue weighted by molar-refractivity contribution is 7.13. The van der Waals surface area contributed by atoms with Gasteiger partial charge >= 0.3 is 5.97 Å². The molecule has 1 saturated carbocycles. The Kier molecular flexibility index (Phi) is 5.22. The Morgan fingerprint density at radius 3 is 2.76 bits per heavy atom. The van der Waals surface area contributed by atoms with Gasteiger partial charge in [-0.15, -0.1) is 11.3 Å². The van der Waals surface area contributed by atoms with Gasteiger partial charge in [-0.05, 0) is 38.1 Å². The summed E-state index contributed by atoms with van der Waals surface area (Å²) in [5.74, 6) is 0.115. The topological polar surface area (TPSA) is 81.4 Å². The Hall–Kier alpha value is -2.15. The molecule has 6 nitrogen and oxygen atoms in total. The zero-order valence-electron chi connectivity index (χ0n) is 14.5. The quantitative estimate of drug-likeness (QED) is 0.820. The number of nitrogens with zero attached hydrogens (tertiary/aromatic N) is 1. The molecule has 1 N–H and O–H groups in total. The number of rotatable bonds is 5. The fraction of sp³-hybridized carbons (Fsp3) is 0.500. The van der Waals surface area contributed by atoms with E-state index in [1.807, 2.05) is 17.5 Å². The third-order valence-electron chi connectivity index (χ3n) is 4.47. The molecular formula is C18H22N2O4S. The van der Waals surface area contributed by atoms with Gasteiger partial charge in [-0.25, -0.2) is 9.78 Å². The van der Waals surface area contributed by atoms with Crippen molar-refractivity contribution in [3.05, 3.63) is 29.0 Å². The number of esters is 1. The van der Waals surface area contributed by atoms with Crippen molar-refractivity contribution in [1.29, 1.82) is 0 Å². The highest BCUT2D eigenvalue weighted by Crippen LogP contribution is 2.31. The van der Waals surface area contributed by atoms with Crippen molar-refractivity contribution in [3.8, 4) is 10.8 Å². The van der Waals surface area contributed by atoms with E-state index in [4.69, 9.17) is 9.15 Å². The molecule has 7 heteroatoms. The lowest BCUT2D eigenvalue weighted by molar-refractivity contribution is -0.152. The number of carbonyl (C=O) groups excluding carboxylic acids is 2. The van der Waals surface area contributed by atoms with Crippen molar-refractivity contribution in [2.24, 2.45) is 0 Å². The molecule has 1 aliphatic carbocycles. The molecular weight excluding hydrogens is 340 g/mol. The number of carbonyl (C=O) groups is 2. The fourth-order valence-electron chi connectivity index (χ4n) is 3.19. The third-order valence-corrected chi connectivity index (χ3v) is 5.33. The van der Waals surface area contributed by atoms with Crippen molar-refractivity contribution < 1.29 is 18.7 Å². The van der Waals surface area contributed by atoms with Crippen LogP contribution >= 0.6 is 11.3 Å². The van der Waals surface area contributed by atoms with Crippen LogP contribution in [0.25, 0.3) is 10.8 Å². The molecule has 0 aromatic carbocycles. The summed E-state index contributed by atoms with van der Waals surface area (Å²) < 4.78 is 10.9. The van der Waals surface area contributed by atoms with Crippen molar-refractivity contribution in [2.45, 2.75) is 51.5 Å². The number of hydrogen-bond donors (Lipinski definition) is 1. The summed E-state index contributed by atoms with van der Waals surface area (Å²) in [7, 11) is 0. The van der Waals surface area contributed by atoms with E-state index in [9.17, 15) is 9.59 Å². The van der Waals surface area contributed by atoms with Crippen LogP contribution in [-0.4, -0.2) is 29.0 Å². The van der Waals surface area contributed by atoms with Crippen molar-refractivity contribution in [3.63, 3.8) is 0 Å². The Balaban J connectivity index is 1.83. The zero-order chi connectivity index (χ0) is 17.9. The Labute approximate surface area is 150 Å². The van der Waals surface area contributed by atoms with E-state index in [0.29, 0.717) is 31.1 Å². The molecule has 0 unspecified atom stereocenters. The van der Waals surface area contributed by atoms with Crippen molar-refractivity contribution >= 4 is 23.2 Å². The van der Waals surface area contributed by atoms with Gasteiger partial charge in [-0.1, -0.05) is 25.3 Å². The minimum absolute atomic E-state index is 0.220. The fourth-order valence-corrected chi connectivity index (χ4v) is 3.84. The molecule has 3 rings (SSSR count). The second kappa shape index (κ2) is 7.39. The first-order valence-corrected chi connectivity index (χ1v) is 9.45. The maximum absolute atomic E-state index is 12.8. The zero-order valence-corrected chi connectivity index (χ0v) is 15.3. The monoisotopic (exact) mass is 362 g/mol. The first kappa shape index (κ1) is 17.7. The number of aryl methyl sites for hydroxylation is 1. The number of amides is 1. The molecule has 2 heterocycles. The van der Waals surface area contributed by atoms with Crippen LogP contribution < -0.4 is 5.32 Å². The highest BCUT2D eigenvalue weighted by Gasteiger charge is 2.43. The van der Waals surface area contributed by atoms with Gasteiger partial charge in [0.25, 0.3) is 5.91 Å². The second-order valence-electron chi connectivity index (χ2n) is 6.22. The molecule has 134 valence electrons. The lowest BCUT2D eigenvalue weighted by atomic mass is 9.81. The number of nitrogens with one attached hydrogen (secondary N) is 1. The maximum Gasteiger partial charge on any atom is 0.331 e. The Bertz CT molecular complexity index is 745. The minimum atomic E-state index is -0.959. The van der Waals surface area contributed by atoms with Crippen molar-refractivity contribution in [1.82, 2.24) is 10.3 Å². The standard InChI is InChI=1S/C18H22N2O4S/c1-3-23-17(22)18(9-5-4-6-10-18)20-15(21)14-12(2)24-16(19-14)13-8-7-11-25-13/h7-8,11H,3-6,9-10H2,1-2H3,(H,20,21). The van der Waals surface area contributed by atoms with Crippen molar-refractivity contribution in [2.75, 3.05) is 6.61 Å². The Morgan fingerprint density at radius 2 is 2.12 bits per heavy atom. The van der Waals surface area contributed by atoms with E-state index < -0.39 is 5.54 Å². The van der Waals surface area contributed by atoms with E-state index in [1.54, 1.807) is 13.8 Å². The summed E-state index contributed by atoms with van der Waals surface area (Å²) in [5.41, 5.74) is -0.738. The van der Waals surface area contributed by atoms with Crippen LogP contribution in [0.2, 0.25) is 0 Å². The molecule has 25 heavy (non-hydrogen) atoms. The van der Waals surface area contributed by atoms with Crippen LogP contribution in [0.1, 0.15) is 55.3 Å². The average molecular weight is 362 g/mol. The summed E-state index contributed by atoms with van der Waals surface area (Å²) >= 11 is 1.49. The molecule has 1 aliphatic rings. The van der Waals surface area contributed by atoms with Gasteiger partial charge in [-0.3, -0.25) is 4.79 Å². The van der Waals surface area contributed by atoms with Crippen LogP contribution in [0.4, 0.5) is 0 Å². The van der Waals surface area contributed by atoms with Gasteiger partial charge in [0.15, 0.2) is 5.69 Å². The number of ether oxygens (including phenoxy) is 1. The normalized spacial score (nSPS) is 16.4. The molecule has 1 fully saturated rings. The molecule has 0 aliphatic heterocycles. The number of hydrogen-bond acceptors (Lipinski definition) is 6. The molecule has 2 aromatic heterocycles. The van der Waals surface area contributed by atoms with Crippen LogP contribution in [0.3, 0.4) is 0 Å². The van der Waals surface area contributed by atoms with E-state index in [1.165, 1.54) is 11.3 Å². The van der Waals surface area contributed by atoms with E-state index in [2.05, 4.69) is 10.3 Å². The molecule has 0 bridgehead atoms. The van der Waals surface area contributed by atoms with Gasteiger partial charge in [-0.2, -0.15) is 0 Å². The first-order chi connectivity index (χ1) is 12.1. The second-order valence-corrected chi connectivity index (χ2v) is 7.17. The molecule has 0 atom stereocenters. The van der Waals surface area contributed by atoms with Gasteiger partial charge in [0.2, 0.25) is 5.89 Å². The van der Waals surface area contributed by atoms with E-state index in [0.717, 1.165) is 24.1 Å². The number of thiophene rings is 1. The van der Waals surface area contributed by atoms with Crippen LogP contribution in [-0.2, 0) is 9.53 Å². The third kappa shape index (κ3) is 3.61. The predicted octanol–water partition coefficient (Wildman–Crippen LogP) is 3.71. The Morgan fingerprint density at radius 1 is 1.36 bits per heavy atom. The molecule has 1 amide bonds. The lowest BCUT2D eigenvalue weighted by Crippen LogP contribution is -2.56. The minimum Gasteiger partial charge on any atom is -0.464 e. The smallest absolute Gasteiger partial charge is 0.331 e. The van der Waals surface area contributed by atoms with Crippen LogP contribution in [0, 0.1) is 6.92 Å². The van der Waals surface area contributed by atoms with Gasteiger partial charge < -0.3 is 14.5 Å². The lowest BCUT2D eigenvalue weighted by Gasteiger charge is -2.35. The first-order valence-electron chi connectivity index (χ1n) is 8.57. The highest BCUT2D eigenvalue weighted by atomic mass is 32.1. The molecule has 0 saturated heterocycles. The van der Waals surface area contributed by atoms with Gasteiger partial charge in [0.1, 0.15) is 11.3 Å². The maximum atomic E-state index is 12.8. The molecule has 0 radical (unpaired) electrons. The summed E-state index contributed by atoms with van der Waals surface area (Å²) in [4.78, 5) is 30.5. The SMILES string of the molecule is CCOC(=O)C1(NC(=O)c2nc(-c3cccs3)oc2C)CCCCC1. The molecule has 0 spiro atoms. The summed E-state index contributed by atoms with van der Waals surface area (Å²) in [6, 6.07) is 3.79. The number of oxazole rings is 1. The van der Waals surface area contributed by atoms with E-state index in [-0.39, 0.29) is 17.6 Å². The van der Waals surface area contributed by atoms with Gasteiger partial charge in [0, 0.05) is 0 Å². The summed E-state index contributed by atoms with van der Waals surface area (Å²) in [5, 5.41) is 4.82. The average Bonchev–Trinajstić information content (AvgIpc) is 3.25. The summed E-state index contributed by atoms with van der Waals surface area (Å²) in [6.07, 6.45) is 4.01. The number of aromatic nitrogens is 1. The van der Waals surface area contributed by atoms with Crippen LogP contribution in [0.5, 0.6) is 0 Å². The van der Waals surface area contributed by atoms with Gasteiger partial charge in [0.05, 0.1) is 11.5 Å². The van der Waals surface area contributed by atoms with E-state index >= 15 is 0 Å². The summed E-state index contributed by atoms with van der Waals surface area (Å²) in [6.45, 7) is 3.77. The van der Waals surface area contributed by atoms with Crippen LogP contribution in [0.15, 0.2) is 21.9 Å². The predicted molar refractivity (Wildman–Crippen MR) is 94.5 cm³/mol. The molecule has 2 aromatic rings.